The number of benzene rings is 1. The number of carbonyl (C=O) groups excluding carboxylic acids is 1. The van der Waals surface area contributed by atoms with Gasteiger partial charge >= 0.3 is 0 Å². The van der Waals surface area contributed by atoms with Gasteiger partial charge in [-0.05, 0) is 36.4 Å². The quantitative estimate of drug-likeness (QED) is 0.712. The van der Waals surface area contributed by atoms with Crippen molar-refractivity contribution in [2.75, 3.05) is 31.1 Å². The molecule has 0 radical (unpaired) electrons. The van der Waals surface area contributed by atoms with Crippen LogP contribution in [0.5, 0.6) is 0 Å². The number of carbonyl (C=O) groups is 1. The molecular formula is C19H17F2N5O. The molecule has 138 valence electrons. The largest absolute Gasteiger partial charge is 0.352 e. The van der Waals surface area contributed by atoms with Crippen LogP contribution in [-0.4, -0.2) is 51.8 Å². The Morgan fingerprint density at radius 1 is 0.889 bits per heavy atom. The lowest BCUT2D eigenvalue weighted by Crippen LogP contribution is -2.49. The van der Waals surface area contributed by atoms with E-state index in [2.05, 4.69) is 10.2 Å². The van der Waals surface area contributed by atoms with E-state index in [1.165, 1.54) is 6.07 Å². The molecule has 1 aliphatic heterocycles. The highest BCUT2D eigenvalue weighted by Crippen LogP contribution is 2.17. The van der Waals surface area contributed by atoms with Crippen molar-refractivity contribution in [2.24, 2.45) is 0 Å². The fraction of sp³-hybridized carbons (Fsp3) is 0.211. The van der Waals surface area contributed by atoms with E-state index < -0.39 is 17.5 Å². The number of piperazine rings is 1. The molecule has 4 rings (SSSR count). The molecule has 0 spiro atoms. The Morgan fingerprint density at radius 2 is 1.56 bits per heavy atom. The van der Waals surface area contributed by atoms with Crippen LogP contribution >= 0.6 is 0 Å². The van der Waals surface area contributed by atoms with Crippen molar-refractivity contribution in [1.29, 1.82) is 0 Å². The van der Waals surface area contributed by atoms with Gasteiger partial charge in [-0.25, -0.2) is 8.78 Å². The van der Waals surface area contributed by atoms with Crippen LogP contribution in [0.1, 0.15) is 10.4 Å². The lowest BCUT2D eigenvalue weighted by Gasteiger charge is -2.35. The summed E-state index contributed by atoms with van der Waals surface area (Å²) in [7, 11) is 0. The van der Waals surface area contributed by atoms with Crippen molar-refractivity contribution >= 4 is 11.7 Å². The van der Waals surface area contributed by atoms with Gasteiger partial charge in [-0.3, -0.25) is 4.79 Å². The van der Waals surface area contributed by atoms with E-state index in [1.807, 2.05) is 46.1 Å². The van der Waals surface area contributed by atoms with Crippen LogP contribution in [0.15, 0.2) is 54.9 Å². The van der Waals surface area contributed by atoms with E-state index in [9.17, 15) is 13.6 Å². The van der Waals surface area contributed by atoms with Gasteiger partial charge in [0.15, 0.2) is 11.6 Å². The maximum absolute atomic E-state index is 13.8. The maximum atomic E-state index is 13.8. The lowest BCUT2D eigenvalue weighted by atomic mass is 10.1. The predicted octanol–water partition coefficient (Wildman–Crippen LogP) is 2.51. The second-order valence-corrected chi connectivity index (χ2v) is 6.24. The van der Waals surface area contributed by atoms with E-state index in [4.69, 9.17) is 0 Å². The molecule has 0 unspecified atom stereocenters. The summed E-state index contributed by atoms with van der Waals surface area (Å²) in [6.07, 6.45) is 3.78. The second kappa shape index (κ2) is 7.14. The molecule has 0 aliphatic carbocycles. The van der Waals surface area contributed by atoms with Crippen LogP contribution in [-0.2, 0) is 0 Å². The molecule has 0 saturated carbocycles. The van der Waals surface area contributed by atoms with Gasteiger partial charge in [0, 0.05) is 44.6 Å². The third-order valence-electron chi connectivity index (χ3n) is 4.56. The van der Waals surface area contributed by atoms with Gasteiger partial charge in [0.1, 0.15) is 11.6 Å². The third kappa shape index (κ3) is 3.51. The molecule has 1 fully saturated rings. The van der Waals surface area contributed by atoms with Crippen LogP contribution in [0.3, 0.4) is 0 Å². The fourth-order valence-electron chi connectivity index (χ4n) is 3.08. The van der Waals surface area contributed by atoms with Gasteiger partial charge in [0.05, 0.1) is 5.56 Å². The number of nitrogens with zero attached hydrogens (tertiary/aromatic N) is 5. The number of hydrogen-bond acceptors (Lipinski definition) is 4. The summed E-state index contributed by atoms with van der Waals surface area (Å²) in [6.45, 7) is 1.98. The van der Waals surface area contributed by atoms with Gasteiger partial charge in [-0.1, -0.05) is 0 Å². The molecule has 27 heavy (non-hydrogen) atoms. The molecule has 8 heteroatoms. The molecule has 1 aromatic carbocycles. The van der Waals surface area contributed by atoms with Crippen LogP contribution in [0, 0.1) is 11.6 Å². The van der Waals surface area contributed by atoms with E-state index in [0.717, 1.165) is 23.8 Å². The zero-order chi connectivity index (χ0) is 18.8. The first-order chi connectivity index (χ1) is 13.1. The minimum Gasteiger partial charge on any atom is -0.352 e. The Morgan fingerprint density at radius 3 is 2.19 bits per heavy atom. The summed E-state index contributed by atoms with van der Waals surface area (Å²) in [4.78, 5) is 16.1. The number of aromatic nitrogens is 3. The SMILES string of the molecule is O=C(c1ccc(F)cc1F)N1CCN(c2ccc(-n3cccc3)nn2)CC1. The predicted molar refractivity (Wildman–Crippen MR) is 95.8 cm³/mol. The summed E-state index contributed by atoms with van der Waals surface area (Å²) in [5.74, 6) is -0.513. The Balaban J connectivity index is 1.40. The summed E-state index contributed by atoms with van der Waals surface area (Å²) in [6, 6.07) is 10.6. The highest BCUT2D eigenvalue weighted by Gasteiger charge is 2.25. The van der Waals surface area contributed by atoms with Crippen molar-refractivity contribution < 1.29 is 13.6 Å². The van der Waals surface area contributed by atoms with Gasteiger partial charge in [0.2, 0.25) is 0 Å². The Hall–Kier alpha value is -3.29. The van der Waals surface area contributed by atoms with Gasteiger partial charge in [-0.2, -0.15) is 0 Å². The number of anilines is 1. The average Bonchev–Trinajstić information content (AvgIpc) is 3.23. The molecule has 0 N–H and O–H groups in total. The number of hydrogen-bond donors (Lipinski definition) is 0. The highest BCUT2D eigenvalue weighted by molar-refractivity contribution is 5.94. The smallest absolute Gasteiger partial charge is 0.256 e. The first kappa shape index (κ1) is 17.1. The summed E-state index contributed by atoms with van der Waals surface area (Å²) >= 11 is 0. The highest BCUT2D eigenvalue weighted by atomic mass is 19.1. The average molecular weight is 369 g/mol. The normalized spacial score (nSPS) is 14.4. The molecule has 6 nitrogen and oxygen atoms in total. The number of rotatable bonds is 3. The molecule has 1 saturated heterocycles. The van der Waals surface area contributed by atoms with Crippen molar-refractivity contribution in [2.45, 2.75) is 0 Å². The van der Waals surface area contributed by atoms with E-state index in [-0.39, 0.29) is 5.56 Å². The molecule has 0 atom stereocenters. The molecule has 2 aromatic heterocycles. The molecule has 3 aromatic rings. The van der Waals surface area contributed by atoms with E-state index in [1.54, 1.807) is 4.90 Å². The maximum Gasteiger partial charge on any atom is 0.256 e. The zero-order valence-corrected chi connectivity index (χ0v) is 14.4. The van der Waals surface area contributed by atoms with Crippen molar-refractivity contribution in [3.05, 3.63) is 72.1 Å². The molecule has 3 heterocycles. The second-order valence-electron chi connectivity index (χ2n) is 6.24. The zero-order valence-electron chi connectivity index (χ0n) is 14.4. The van der Waals surface area contributed by atoms with Crippen molar-refractivity contribution in [3.63, 3.8) is 0 Å². The first-order valence-corrected chi connectivity index (χ1v) is 8.58. The van der Waals surface area contributed by atoms with Crippen LogP contribution < -0.4 is 4.90 Å². The Labute approximate surface area is 154 Å². The fourth-order valence-corrected chi connectivity index (χ4v) is 3.08. The van der Waals surface area contributed by atoms with Crippen LogP contribution in [0.25, 0.3) is 5.82 Å². The van der Waals surface area contributed by atoms with Gasteiger partial charge < -0.3 is 14.4 Å². The Kier molecular flexibility index (Phi) is 4.53. The first-order valence-electron chi connectivity index (χ1n) is 8.58. The molecular weight excluding hydrogens is 352 g/mol. The van der Waals surface area contributed by atoms with Crippen LogP contribution in [0.4, 0.5) is 14.6 Å². The minimum atomic E-state index is -0.839. The third-order valence-corrected chi connectivity index (χ3v) is 4.56. The topological polar surface area (TPSA) is 54.3 Å². The van der Waals surface area contributed by atoms with Gasteiger partial charge in [-0.15, -0.1) is 10.2 Å². The summed E-state index contributed by atoms with van der Waals surface area (Å²) in [5.41, 5.74) is -0.110. The minimum absolute atomic E-state index is 0.110. The Bertz CT molecular complexity index is 935. The lowest BCUT2D eigenvalue weighted by molar-refractivity contribution is 0.0741. The van der Waals surface area contributed by atoms with Crippen molar-refractivity contribution in [1.82, 2.24) is 19.7 Å². The van der Waals surface area contributed by atoms with Crippen molar-refractivity contribution in [3.8, 4) is 5.82 Å². The molecule has 1 aliphatic rings. The number of amides is 1. The van der Waals surface area contributed by atoms with Crippen LogP contribution in [0.2, 0.25) is 0 Å². The number of halogens is 2. The standard InChI is InChI=1S/C19H17F2N5O/c20-14-3-4-15(16(21)13-14)19(27)26-11-9-25(10-12-26)18-6-5-17(22-23-18)24-7-1-2-8-24/h1-8,13H,9-12H2. The van der Waals surface area contributed by atoms with E-state index >= 15 is 0 Å². The monoisotopic (exact) mass is 369 g/mol. The molecule has 1 amide bonds. The van der Waals surface area contributed by atoms with E-state index in [0.29, 0.717) is 26.2 Å². The van der Waals surface area contributed by atoms with Gasteiger partial charge in [0.25, 0.3) is 5.91 Å². The molecule has 0 bridgehead atoms. The summed E-state index contributed by atoms with van der Waals surface area (Å²) in [5, 5.41) is 8.48. The summed E-state index contributed by atoms with van der Waals surface area (Å²) < 4.78 is 28.7.